The van der Waals surface area contributed by atoms with E-state index in [2.05, 4.69) is 0 Å². The Morgan fingerprint density at radius 1 is 1.25 bits per heavy atom. The van der Waals surface area contributed by atoms with Crippen LogP contribution in [-0.4, -0.2) is 23.9 Å². The summed E-state index contributed by atoms with van der Waals surface area (Å²) in [5, 5.41) is 0. The Labute approximate surface area is 118 Å². The Morgan fingerprint density at radius 3 is 2.65 bits per heavy atom. The molecule has 0 saturated carbocycles. The largest absolute Gasteiger partial charge is 0.467 e. The molecule has 0 N–H and O–H groups in total. The van der Waals surface area contributed by atoms with Crippen molar-refractivity contribution >= 4 is 12.3 Å². The van der Waals surface area contributed by atoms with Gasteiger partial charge in [0, 0.05) is 6.20 Å². The molecule has 104 valence electrons. The van der Waals surface area contributed by atoms with E-state index < -0.39 is 6.04 Å². The van der Waals surface area contributed by atoms with Crippen LogP contribution in [0, 0.1) is 0 Å². The van der Waals surface area contributed by atoms with E-state index in [1.54, 1.807) is 22.9 Å². The van der Waals surface area contributed by atoms with E-state index in [0.717, 1.165) is 18.3 Å². The summed E-state index contributed by atoms with van der Waals surface area (Å²) in [6.07, 6.45) is 3.82. The average Bonchev–Trinajstić information content (AvgIpc) is 2.96. The highest BCUT2D eigenvalue weighted by atomic mass is 16.5. The molecule has 1 atom stereocenters. The van der Waals surface area contributed by atoms with Crippen molar-refractivity contribution in [3.8, 4) is 0 Å². The summed E-state index contributed by atoms with van der Waals surface area (Å²) in [4.78, 5) is 22.9. The first kappa shape index (κ1) is 14.1. The van der Waals surface area contributed by atoms with Crippen molar-refractivity contribution in [2.45, 2.75) is 18.9 Å². The minimum atomic E-state index is -0.476. The highest BCUT2D eigenvalue weighted by molar-refractivity contribution is 5.78. The van der Waals surface area contributed by atoms with Gasteiger partial charge in [-0.2, -0.15) is 0 Å². The van der Waals surface area contributed by atoms with Crippen LogP contribution in [0.3, 0.4) is 0 Å². The Morgan fingerprint density at radius 2 is 2.00 bits per heavy atom. The molecule has 0 fully saturated rings. The van der Waals surface area contributed by atoms with Crippen molar-refractivity contribution in [3.05, 3.63) is 59.9 Å². The van der Waals surface area contributed by atoms with Crippen molar-refractivity contribution < 1.29 is 14.3 Å². The predicted molar refractivity (Wildman–Crippen MR) is 75.6 cm³/mol. The highest BCUT2D eigenvalue weighted by Gasteiger charge is 2.22. The molecule has 0 spiro atoms. The Balaban J connectivity index is 2.16. The number of aromatic nitrogens is 1. The molecule has 0 unspecified atom stereocenters. The van der Waals surface area contributed by atoms with Gasteiger partial charge in [-0.05, 0) is 30.5 Å². The van der Waals surface area contributed by atoms with Crippen molar-refractivity contribution in [2.24, 2.45) is 0 Å². The first-order chi connectivity index (χ1) is 9.76. The molecule has 0 aliphatic heterocycles. The molecule has 2 rings (SSSR count). The standard InChI is InChI=1S/C16H17NO3/c1-20-16(19)15(17-11-5-8-14(17)12-18)10-9-13-6-3-2-4-7-13/h2-8,11-12,15H,9-10H2,1H3/t15-/m0/s1. The molecule has 0 radical (unpaired) electrons. The number of aryl methyl sites for hydroxylation is 1. The molecule has 0 amide bonds. The van der Waals surface area contributed by atoms with Crippen LogP contribution in [-0.2, 0) is 16.0 Å². The molecule has 2 aromatic rings. The molecule has 0 aliphatic carbocycles. The molecule has 0 aliphatic rings. The van der Waals surface area contributed by atoms with E-state index in [9.17, 15) is 9.59 Å². The number of ether oxygens (including phenoxy) is 1. The van der Waals surface area contributed by atoms with Crippen molar-refractivity contribution in [3.63, 3.8) is 0 Å². The van der Waals surface area contributed by atoms with Gasteiger partial charge < -0.3 is 9.30 Å². The molecule has 0 saturated heterocycles. The summed E-state index contributed by atoms with van der Waals surface area (Å²) >= 11 is 0. The van der Waals surface area contributed by atoms with E-state index in [-0.39, 0.29) is 5.97 Å². The number of hydrogen-bond acceptors (Lipinski definition) is 3. The third kappa shape index (κ3) is 3.15. The second-order valence-electron chi connectivity index (χ2n) is 4.52. The number of benzene rings is 1. The number of hydrogen-bond donors (Lipinski definition) is 0. The lowest BCUT2D eigenvalue weighted by Gasteiger charge is -2.18. The second kappa shape index (κ2) is 6.70. The summed E-state index contributed by atoms with van der Waals surface area (Å²) in [5.74, 6) is -0.333. The van der Waals surface area contributed by atoms with Gasteiger partial charge in [0.25, 0.3) is 0 Å². The zero-order valence-corrected chi connectivity index (χ0v) is 11.4. The van der Waals surface area contributed by atoms with Gasteiger partial charge in [0.05, 0.1) is 12.8 Å². The number of aldehydes is 1. The summed E-state index contributed by atoms with van der Waals surface area (Å²) in [6.45, 7) is 0. The van der Waals surface area contributed by atoms with Crippen molar-refractivity contribution in [1.82, 2.24) is 4.57 Å². The molecule has 4 nitrogen and oxygen atoms in total. The Kier molecular flexibility index (Phi) is 4.71. The number of esters is 1. The second-order valence-corrected chi connectivity index (χ2v) is 4.52. The van der Waals surface area contributed by atoms with Gasteiger partial charge in [0.2, 0.25) is 0 Å². The lowest BCUT2D eigenvalue weighted by Crippen LogP contribution is -2.22. The highest BCUT2D eigenvalue weighted by Crippen LogP contribution is 2.19. The molecular formula is C16H17NO3. The molecular weight excluding hydrogens is 254 g/mol. The van der Waals surface area contributed by atoms with Crippen LogP contribution in [0.25, 0.3) is 0 Å². The first-order valence-corrected chi connectivity index (χ1v) is 6.50. The lowest BCUT2D eigenvalue weighted by molar-refractivity contribution is -0.144. The van der Waals surface area contributed by atoms with Crippen LogP contribution >= 0.6 is 0 Å². The van der Waals surface area contributed by atoms with Gasteiger partial charge in [-0.1, -0.05) is 30.3 Å². The number of methoxy groups -OCH3 is 1. The van der Waals surface area contributed by atoms with Crippen LogP contribution in [0.2, 0.25) is 0 Å². The maximum atomic E-state index is 11.9. The zero-order chi connectivity index (χ0) is 14.4. The van der Waals surface area contributed by atoms with Gasteiger partial charge in [0.15, 0.2) is 6.29 Å². The number of carbonyl (C=O) groups is 2. The van der Waals surface area contributed by atoms with Crippen molar-refractivity contribution in [1.29, 1.82) is 0 Å². The SMILES string of the molecule is COC(=O)[C@H](CCc1ccccc1)n1cccc1C=O. The maximum Gasteiger partial charge on any atom is 0.328 e. The van der Waals surface area contributed by atoms with Gasteiger partial charge in [-0.25, -0.2) is 4.79 Å². The van der Waals surface area contributed by atoms with E-state index >= 15 is 0 Å². The topological polar surface area (TPSA) is 48.3 Å². The predicted octanol–water partition coefficient (Wildman–Crippen LogP) is 2.65. The summed E-state index contributed by atoms with van der Waals surface area (Å²) in [7, 11) is 1.36. The first-order valence-electron chi connectivity index (χ1n) is 6.50. The number of carbonyl (C=O) groups excluding carboxylic acids is 2. The summed E-state index contributed by atoms with van der Waals surface area (Å²) < 4.78 is 6.52. The van der Waals surface area contributed by atoms with E-state index in [0.29, 0.717) is 12.1 Å². The minimum Gasteiger partial charge on any atom is -0.467 e. The maximum absolute atomic E-state index is 11.9. The quantitative estimate of drug-likeness (QED) is 0.599. The third-order valence-electron chi connectivity index (χ3n) is 3.29. The van der Waals surface area contributed by atoms with Crippen molar-refractivity contribution in [2.75, 3.05) is 7.11 Å². The lowest BCUT2D eigenvalue weighted by atomic mass is 10.0. The van der Waals surface area contributed by atoms with Crippen LogP contribution in [0.4, 0.5) is 0 Å². The third-order valence-corrected chi connectivity index (χ3v) is 3.29. The van der Waals surface area contributed by atoms with Crippen LogP contribution in [0.15, 0.2) is 48.7 Å². The fourth-order valence-corrected chi connectivity index (χ4v) is 2.25. The summed E-state index contributed by atoms with van der Waals surface area (Å²) in [5.41, 5.74) is 1.63. The molecule has 1 aromatic carbocycles. The van der Waals surface area contributed by atoms with Crippen LogP contribution in [0.1, 0.15) is 28.5 Å². The van der Waals surface area contributed by atoms with E-state index in [1.165, 1.54) is 7.11 Å². The fourth-order valence-electron chi connectivity index (χ4n) is 2.25. The fraction of sp³-hybridized carbons (Fsp3) is 0.250. The van der Waals surface area contributed by atoms with E-state index in [1.807, 2.05) is 30.3 Å². The number of rotatable bonds is 6. The van der Waals surface area contributed by atoms with Crippen LogP contribution < -0.4 is 0 Å². The molecule has 1 aromatic heterocycles. The minimum absolute atomic E-state index is 0.333. The zero-order valence-electron chi connectivity index (χ0n) is 11.4. The monoisotopic (exact) mass is 271 g/mol. The summed E-state index contributed by atoms with van der Waals surface area (Å²) in [6, 6.07) is 12.9. The molecule has 1 heterocycles. The van der Waals surface area contributed by atoms with E-state index in [4.69, 9.17) is 4.74 Å². The molecule has 0 bridgehead atoms. The average molecular weight is 271 g/mol. The van der Waals surface area contributed by atoms with Crippen LogP contribution in [0.5, 0.6) is 0 Å². The smallest absolute Gasteiger partial charge is 0.328 e. The van der Waals surface area contributed by atoms with Gasteiger partial charge in [-0.15, -0.1) is 0 Å². The Hall–Kier alpha value is -2.36. The molecule has 4 heteroatoms. The number of nitrogens with zero attached hydrogens (tertiary/aromatic N) is 1. The molecule has 20 heavy (non-hydrogen) atoms. The Bertz CT molecular complexity index is 574. The normalized spacial score (nSPS) is 11.8. The van der Waals surface area contributed by atoms with Gasteiger partial charge in [-0.3, -0.25) is 4.79 Å². The van der Waals surface area contributed by atoms with Gasteiger partial charge in [0.1, 0.15) is 6.04 Å². The van der Waals surface area contributed by atoms with Gasteiger partial charge >= 0.3 is 5.97 Å².